The number of rotatable bonds is 5. The molecule has 6 heteroatoms. The minimum absolute atomic E-state index is 0.429. The number of nitrogens with one attached hydrogen (secondary N) is 1. The summed E-state index contributed by atoms with van der Waals surface area (Å²) in [5.74, 6) is 1.64. The molecule has 3 aliphatic rings. The maximum atomic E-state index is 5.91. The second-order valence-electron chi connectivity index (χ2n) is 8.57. The zero-order valence-electron chi connectivity index (χ0n) is 17.8. The highest BCUT2D eigenvalue weighted by atomic mass is 16.5. The fourth-order valence-electron chi connectivity index (χ4n) is 5.06. The van der Waals surface area contributed by atoms with E-state index in [4.69, 9.17) is 9.47 Å². The molecule has 1 aliphatic carbocycles. The SMILES string of the molecule is CCO[C@H]1CC[C@H](CN2Cc3cccnc3Nc3ccc(N4CCOCC4)cc32)C1. The molecule has 0 unspecified atom stereocenters. The second kappa shape index (κ2) is 8.82. The molecule has 1 aromatic heterocycles. The summed E-state index contributed by atoms with van der Waals surface area (Å²) < 4.78 is 11.5. The van der Waals surface area contributed by atoms with E-state index >= 15 is 0 Å². The van der Waals surface area contributed by atoms with Gasteiger partial charge in [0.2, 0.25) is 0 Å². The molecule has 1 N–H and O–H groups in total. The van der Waals surface area contributed by atoms with Crippen LogP contribution in [0.3, 0.4) is 0 Å². The Balaban J connectivity index is 1.44. The van der Waals surface area contributed by atoms with Crippen molar-refractivity contribution in [3.05, 3.63) is 42.1 Å². The molecule has 1 saturated carbocycles. The highest BCUT2D eigenvalue weighted by molar-refractivity contribution is 5.81. The molecule has 2 fully saturated rings. The van der Waals surface area contributed by atoms with Gasteiger partial charge in [0.15, 0.2) is 0 Å². The van der Waals surface area contributed by atoms with Crippen molar-refractivity contribution < 1.29 is 9.47 Å². The number of fused-ring (bicyclic) bond motifs is 2. The van der Waals surface area contributed by atoms with Gasteiger partial charge in [-0.05, 0) is 56.4 Å². The second-order valence-corrected chi connectivity index (χ2v) is 8.57. The van der Waals surface area contributed by atoms with E-state index in [0.29, 0.717) is 12.0 Å². The molecule has 0 spiro atoms. The maximum Gasteiger partial charge on any atom is 0.135 e. The van der Waals surface area contributed by atoms with Gasteiger partial charge in [0.1, 0.15) is 5.82 Å². The van der Waals surface area contributed by atoms with Crippen LogP contribution in [0.1, 0.15) is 31.7 Å². The average molecular weight is 409 g/mol. The van der Waals surface area contributed by atoms with Crippen LogP contribution in [0, 0.1) is 5.92 Å². The highest BCUT2D eigenvalue weighted by Crippen LogP contribution is 2.39. The lowest BCUT2D eigenvalue weighted by Gasteiger charge is -2.32. The number of anilines is 4. The average Bonchev–Trinajstić information content (AvgIpc) is 3.16. The number of benzene rings is 1. The van der Waals surface area contributed by atoms with Crippen LogP contribution in [-0.2, 0) is 16.0 Å². The van der Waals surface area contributed by atoms with Crippen LogP contribution in [0.5, 0.6) is 0 Å². The normalized spacial score (nSPS) is 23.5. The topological polar surface area (TPSA) is 49.9 Å². The molecule has 2 aromatic rings. The molecule has 160 valence electrons. The largest absolute Gasteiger partial charge is 0.378 e. The third-order valence-electron chi connectivity index (χ3n) is 6.58. The molecule has 0 radical (unpaired) electrons. The third-order valence-corrected chi connectivity index (χ3v) is 6.58. The minimum Gasteiger partial charge on any atom is -0.378 e. The van der Waals surface area contributed by atoms with E-state index in [1.807, 2.05) is 12.3 Å². The summed E-state index contributed by atoms with van der Waals surface area (Å²) in [4.78, 5) is 9.59. The summed E-state index contributed by atoms with van der Waals surface area (Å²) in [5.41, 5.74) is 4.95. The van der Waals surface area contributed by atoms with Gasteiger partial charge in [0, 0.05) is 50.2 Å². The fourth-order valence-corrected chi connectivity index (χ4v) is 5.06. The Bertz CT molecular complexity index is 868. The summed E-state index contributed by atoms with van der Waals surface area (Å²) in [7, 11) is 0. The zero-order valence-corrected chi connectivity index (χ0v) is 17.8. The van der Waals surface area contributed by atoms with Crippen molar-refractivity contribution in [3.63, 3.8) is 0 Å². The number of hydrogen-bond acceptors (Lipinski definition) is 6. The number of pyridine rings is 1. The van der Waals surface area contributed by atoms with Gasteiger partial charge >= 0.3 is 0 Å². The van der Waals surface area contributed by atoms with Gasteiger partial charge in [-0.2, -0.15) is 0 Å². The van der Waals surface area contributed by atoms with Gasteiger partial charge in [0.05, 0.1) is 30.7 Å². The molecule has 2 atom stereocenters. The van der Waals surface area contributed by atoms with Crippen molar-refractivity contribution in [2.75, 3.05) is 54.6 Å². The highest BCUT2D eigenvalue weighted by Gasteiger charge is 2.29. The first kappa shape index (κ1) is 19.6. The van der Waals surface area contributed by atoms with Crippen molar-refractivity contribution in [3.8, 4) is 0 Å². The molecule has 6 nitrogen and oxygen atoms in total. The lowest BCUT2D eigenvalue weighted by atomic mass is 10.1. The van der Waals surface area contributed by atoms with Gasteiger partial charge in [-0.3, -0.25) is 0 Å². The molecular formula is C24H32N4O2. The molecule has 1 aromatic carbocycles. The molecule has 5 rings (SSSR count). The Morgan fingerprint density at radius 3 is 2.97 bits per heavy atom. The summed E-state index contributed by atoms with van der Waals surface area (Å²) in [6.45, 7) is 8.35. The van der Waals surface area contributed by atoms with E-state index < -0.39 is 0 Å². The van der Waals surface area contributed by atoms with Crippen molar-refractivity contribution in [1.82, 2.24) is 4.98 Å². The van der Waals surface area contributed by atoms with E-state index in [1.54, 1.807) is 0 Å². The van der Waals surface area contributed by atoms with Crippen LogP contribution in [0.15, 0.2) is 36.5 Å². The fraction of sp³-hybridized carbons (Fsp3) is 0.542. The molecule has 1 saturated heterocycles. The standard InChI is InChI=1S/C24H32N4O2/c1-2-30-21-7-5-18(14-21)16-28-17-19-4-3-9-25-24(19)26-22-8-6-20(15-23(22)28)27-10-12-29-13-11-27/h3-4,6,8-9,15,18,21H,2,5,7,10-14,16-17H2,1H3,(H,25,26)/t18-,21-/m0/s1. The quantitative estimate of drug-likeness (QED) is 0.801. The lowest BCUT2D eigenvalue weighted by Crippen LogP contribution is -2.36. The van der Waals surface area contributed by atoms with E-state index in [1.165, 1.54) is 29.8 Å². The van der Waals surface area contributed by atoms with Crippen molar-refractivity contribution in [1.29, 1.82) is 0 Å². The monoisotopic (exact) mass is 408 g/mol. The Morgan fingerprint density at radius 2 is 2.10 bits per heavy atom. The Morgan fingerprint density at radius 1 is 1.20 bits per heavy atom. The molecule has 0 bridgehead atoms. The van der Waals surface area contributed by atoms with Crippen LogP contribution in [-0.4, -0.2) is 50.5 Å². The first-order valence-corrected chi connectivity index (χ1v) is 11.3. The van der Waals surface area contributed by atoms with E-state index in [2.05, 4.69) is 51.3 Å². The number of nitrogens with zero attached hydrogens (tertiary/aromatic N) is 3. The first-order valence-electron chi connectivity index (χ1n) is 11.3. The maximum absolute atomic E-state index is 5.91. The third kappa shape index (κ3) is 4.12. The molecule has 0 amide bonds. The Labute approximate surface area is 179 Å². The number of morpholine rings is 1. The summed E-state index contributed by atoms with van der Waals surface area (Å²) in [5, 5.41) is 3.60. The smallest absolute Gasteiger partial charge is 0.135 e. The summed E-state index contributed by atoms with van der Waals surface area (Å²) in [6.07, 6.45) is 5.89. The first-order chi connectivity index (χ1) is 14.8. The predicted molar refractivity (Wildman–Crippen MR) is 121 cm³/mol. The van der Waals surface area contributed by atoms with Gasteiger partial charge in [-0.1, -0.05) is 6.07 Å². The Kier molecular flexibility index (Phi) is 5.77. The van der Waals surface area contributed by atoms with Crippen LogP contribution in [0.2, 0.25) is 0 Å². The molecule has 2 aliphatic heterocycles. The minimum atomic E-state index is 0.429. The Hall–Kier alpha value is -2.31. The van der Waals surface area contributed by atoms with Crippen molar-refractivity contribution >= 4 is 22.9 Å². The van der Waals surface area contributed by atoms with E-state index in [9.17, 15) is 0 Å². The van der Waals surface area contributed by atoms with Gasteiger partial charge in [-0.15, -0.1) is 0 Å². The van der Waals surface area contributed by atoms with Crippen molar-refractivity contribution in [2.45, 2.75) is 38.8 Å². The van der Waals surface area contributed by atoms with E-state index in [0.717, 1.165) is 63.9 Å². The zero-order chi connectivity index (χ0) is 20.3. The van der Waals surface area contributed by atoms with Crippen molar-refractivity contribution in [2.24, 2.45) is 5.92 Å². The van der Waals surface area contributed by atoms with Gasteiger partial charge in [0.25, 0.3) is 0 Å². The van der Waals surface area contributed by atoms with Crippen LogP contribution in [0.25, 0.3) is 0 Å². The van der Waals surface area contributed by atoms with Crippen LogP contribution >= 0.6 is 0 Å². The number of hydrogen-bond donors (Lipinski definition) is 1. The molecule has 30 heavy (non-hydrogen) atoms. The van der Waals surface area contributed by atoms with Crippen LogP contribution < -0.4 is 15.1 Å². The number of ether oxygens (including phenoxy) is 2. The number of aromatic nitrogens is 1. The molecular weight excluding hydrogens is 376 g/mol. The lowest BCUT2D eigenvalue weighted by molar-refractivity contribution is 0.0656. The predicted octanol–water partition coefficient (Wildman–Crippen LogP) is 4.19. The molecule has 3 heterocycles. The summed E-state index contributed by atoms with van der Waals surface area (Å²) >= 11 is 0. The summed E-state index contributed by atoms with van der Waals surface area (Å²) in [6, 6.07) is 11.0. The van der Waals surface area contributed by atoms with Crippen LogP contribution in [0.4, 0.5) is 22.9 Å². The van der Waals surface area contributed by atoms with Gasteiger partial charge < -0.3 is 24.6 Å². The van der Waals surface area contributed by atoms with E-state index in [-0.39, 0.29) is 0 Å². The van der Waals surface area contributed by atoms with Gasteiger partial charge in [-0.25, -0.2) is 4.98 Å².